The highest BCUT2D eigenvalue weighted by Crippen LogP contribution is 2.32. The van der Waals surface area contributed by atoms with E-state index in [0.717, 1.165) is 0 Å². The maximum atomic E-state index is 12.9. The number of nitrogens with zero attached hydrogens (tertiary/aromatic N) is 1. The number of rotatable bonds is 5. The molecule has 2 aromatic carbocycles. The molecule has 0 aliphatic carbocycles. The molecule has 1 saturated heterocycles. The second-order valence-corrected chi connectivity index (χ2v) is 6.93. The van der Waals surface area contributed by atoms with Crippen molar-refractivity contribution < 1.29 is 29.6 Å². The summed E-state index contributed by atoms with van der Waals surface area (Å²) in [6, 6.07) is 14.3. The van der Waals surface area contributed by atoms with Crippen molar-refractivity contribution in [1.29, 1.82) is 0 Å². The van der Waals surface area contributed by atoms with Crippen LogP contribution in [0.1, 0.15) is 24.0 Å². The number of aromatic hydroxyl groups is 1. The van der Waals surface area contributed by atoms with Crippen LogP contribution in [0.4, 0.5) is 4.79 Å². The zero-order valence-corrected chi connectivity index (χ0v) is 15.3. The maximum Gasteiger partial charge on any atom is 0.407 e. The van der Waals surface area contributed by atoms with Crippen LogP contribution in [-0.4, -0.2) is 52.0 Å². The number of phenolic OH excluding ortho intramolecular Hbond substituents is 1. The van der Waals surface area contributed by atoms with Gasteiger partial charge in [0.25, 0.3) is 0 Å². The third kappa shape index (κ3) is 4.09. The zero-order valence-electron chi connectivity index (χ0n) is 15.3. The average Bonchev–Trinajstić information content (AvgIpc) is 2.72. The van der Waals surface area contributed by atoms with Gasteiger partial charge in [-0.05, 0) is 42.0 Å². The van der Waals surface area contributed by atoms with Crippen LogP contribution < -0.4 is 0 Å². The Morgan fingerprint density at radius 2 is 1.57 bits per heavy atom. The van der Waals surface area contributed by atoms with Gasteiger partial charge in [0.2, 0.25) is 5.60 Å². The maximum absolute atomic E-state index is 12.9. The summed E-state index contributed by atoms with van der Waals surface area (Å²) < 4.78 is 5.46. The monoisotopic (exact) mass is 385 g/mol. The lowest BCUT2D eigenvalue weighted by molar-refractivity contribution is -0.164. The Labute approximate surface area is 162 Å². The second kappa shape index (κ2) is 8.31. The number of hydrogen-bond donors (Lipinski definition) is 3. The Kier molecular flexibility index (Phi) is 5.84. The minimum absolute atomic E-state index is 0.0257. The summed E-state index contributed by atoms with van der Waals surface area (Å²) in [4.78, 5) is 25.3. The lowest BCUT2D eigenvalue weighted by Crippen LogP contribution is -2.41. The van der Waals surface area contributed by atoms with E-state index in [4.69, 9.17) is 9.84 Å². The number of benzene rings is 2. The summed E-state index contributed by atoms with van der Waals surface area (Å²) in [7, 11) is 0. The summed E-state index contributed by atoms with van der Waals surface area (Å²) in [6.45, 7) is 0.913. The molecule has 1 atom stereocenters. The van der Waals surface area contributed by atoms with E-state index in [0.29, 0.717) is 37.1 Å². The van der Waals surface area contributed by atoms with E-state index in [1.165, 1.54) is 29.2 Å². The number of phenols is 1. The van der Waals surface area contributed by atoms with Crippen LogP contribution in [0.15, 0.2) is 54.6 Å². The topological polar surface area (TPSA) is 107 Å². The summed E-state index contributed by atoms with van der Waals surface area (Å²) in [6.07, 6.45) is 0.256. The van der Waals surface area contributed by atoms with Crippen LogP contribution in [0.3, 0.4) is 0 Å². The van der Waals surface area contributed by atoms with Gasteiger partial charge in [-0.15, -0.1) is 0 Å². The summed E-state index contributed by atoms with van der Waals surface area (Å²) >= 11 is 0. The highest BCUT2D eigenvalue weighted by atomic mass is 16.5. The number of carbonyl (C=O) groups excluding carboxylic acids is 1. The molecule has 1 amide bonds. The van der Waals surface area contributed by atoms with Crippen LogP contribution in [0.5, 0.6) is 5.75 Å². The van der Waals surface area contributed by atoms with E-state index in [1.54, 1.807) is 30.3 Å². The van der Waals surface area contributed by atoms with E-state index in [2.05, 4.69) is 0 Å². The Balaban J connectivity index is 1.75. The SMILES string of the molecule is O=C(O)N1CCC(COC(=O)[C@](O)(c2ccccc2)c2ccc(O)cc2)CC1. The van der Waals surface area contributed by atoms with Crippen LogP contribution in [0, 0.1) is 5.92 Å². The first-order chi connectivity index (χ1) is 13.4. The number of aliphatic hydroxyl groups is 1. The molecular formula is C21H23NO6. The van der Waals surface area contributed by atoms with Crippen molar-refractivity contribution in [3.8, 4) is 5.75 Å². The van der Waals surface area contributed by atoms with Gasteiger partial charge >= 0.3 is 12.1 Å². The van der Waals surface area contributed by atoms with Crippen molar-refractivity contribution in [3.05, 3.63) is 65.7 Å². The Morgan fingerprint density at radius 3 is 2.14 bits per heavy atom. The summed E-state index contributed by atoms with van der Waals surface area (Å²) in [5.74, 6) is -0.734. The first-order valence-electron chi connectivity index (χ1n) is 9.13. The van der Waals surface area contributed by atoms with Crippen molar-refractivity contribution in [2.75, 3.05) is 19.7 Å². The predicted octanol–water partition coefficient (Wildman–Crippen LogP) is 2.56. The first kappa shape index (κ1) is 19.7. The van der Waals surface area contributed by atoms with Crippen molar-refractivity contribution in [2.45, 2.75) is 18.4 Å². The number of piperidine rings is 1. The Hall–Kier alpha value is -3.06. The van der Waals surface area contributed by atoms with Crippen molar-refractivity contribution in [3.63, 3.8) is 0 Å². The average molecular weight is 385 g/mol. The first-order valence-corrected chi connectivity index (χ1v) is 9.13. The van der Waals surface area contributed by atoms with Gasteiger partial charge in [0.05, 0.1) is 6.61 Å². The molecular weight excluding hydrogens is 362 g/mol. The molecule has 3 N–H and O–H groups in total. The molecule has 7 nitrogen and oxygen atoms in total. The Morgan fingerprint density at radius 1 is 1.00 bits per heavy atom. The largest absolute Gasteiger partial charge is 0.508 e. The smallest absolute Gasteiger partial charge is 0.407 e. The highest BCUT2D eigenvalue weighted by molar-refractivity contribution is 5.85. The third-order valence-electron chi connectivity index (χ3n) is 5.11. The fraction of sp³-hybridized carbons (Fsp3) is 0.333. The quantitative estimate of drug-likeness (QED) is 0.683. The molecule has 0 radical (unpaired) electrons. The number of hydrogen-bond acceptors (Lipinski definition) is 5. The lowest BCUT2D eigenvalue weighted by Gasteiger charge is -2.31. The van der Waals surface area contributed by atoms with Gasteiger partial charge < -0.3 is 25.0 Å². The standard InChI is InChI=1S/C21H23NO6/c23-18-8-6-17(7-9-18)21(27,16-4-2-1-3-5-16)19(24)28-14-15-10-12-22(13-11-15)20(25)26/h1-9,15,23,27H,10-14H2,(H,25,26)/t21-/m0/s1. The van der Waals surface area contributed by atoms with Crippen molar-refractivity contribution in [1.82, 2.24) is 4.90 Å². The molecule has 0 spiro atoms. The number of amides is 1. The van der Waals surface area contributed by atoms with Gasteiger partial charge in [0, 0.05) is 13.1 Å². The minimum atomic E-state index is -2.00. The molecule has 148 valence electrons. The fourth-order valence-electron chi connectivity index (χ4n) is 3.37. The zero-order chi connectivity index (χ0) is 20.1. The Bertz CT molecular complexity index is 815. The van der Waals surface area contributed by atoms with Gasteiger partial charge in [-0.1, -0.05) is 42.5 Å². The van der Waals surface area contributed by atoms with E-state index in [1.807, 2.05) is 0 Å². The molecule has 1 fully saturated rings. The van der Waals surface area contributed by atoms with Gasteiger partial charge in [0.1, 0.15) is 5.75 Å². The van der Waals surface area contributed by atoms with Crippen LogP contribution >= 0.6 is 0 Å². The van der Waals surface area contributed by atoms with Crippen LogP contribution in [0.2, 0.25) is 0 Å². The molecule has 3 rings (SSSR count). The van der Waals surface area contributed by atoms with E-state index in [9.17, 15) is 19.8 Å². The van der Waals surface area contributed by atoms with Crippen molar-refractivity contribution >= 4 is 12.1 Å². The summed E-state index contributed by atoms with van der Waals surface area (Å²) in [5.41, 5.74) is -1.34. The normalized spacial score (nSPS) is 17.0. The van der Waals surface area contributed by atoms with E-state index >= 15 is 0 Å². The number of ether oxygens (including phenoxy) is 1. The van der Waals surface area contributed by atoms with Crippen LogP contribution in [0.25, 0.3) is 0 Å². The molecule has 1 aliphatic rings. The molecule has 2 aromatic rings. The molecule has 1 heterocycles. The fourth-order valence-corrected chi connectivity index (χ4v) is 3.37. The molecule has 7 heteroatoms. The molecule has 0 unspecified atom stereocenters. The van der Waals surface area contributed by atoms with E-state index in [-0.39, 0.29) is 18.3 Å². The minimum Gasteiger partial charge on any atom is -0.508 e. The van der Waals surface area contributed by atoms with Crippen LogP contribution in [-0.2, 0) is 15.1 Å². The molecule has 0 aromatic heterocycles. The lowest BCUT2D eigenvalue weighted by atomic mass is 9.86. The van der Waals surface area contributed by atoms with Gasteiger partial charge in [-0.25, -0.2) is 9.59 Å². The third-order valence-corrected chi connectivity index (χ3v) is 5.11. The molecule has 0 bridgehead atoms. The molecule has 1 aliphatic heterocycles. The number of esters is 1. The summed E-state index contributed by atoms with van der Waals surface area (Å²) in [5, 5.41) is 29.8. The van der Waals surface area contributed by atoms with E-state index < -0.39 is 17.7 Å². The highest BCUT2D eigenvalue weighted by Gasteiger charge is 2.42. The number of carboxylic acid groups (broad SMARTS) is 1. The number of carbonyl (C=O) groups is 2. The predicted molar refractivity (Wildman–Crippen MR) is 101 cm³/mol. The van der Waals surface area contributed by atoms with Gasteiger partial charge in [-0.3, -0.25) is 0 Å². The van der Waals surface area contributed by atoms with Crippen molar-refractivity contribution in [2.24, 2.45) is 5.92 Å². The second-order valence-electron chi connectivity index (χ2n) is 6.93. The van der Waals surface area contributed by atoms with Gasteiger partial charge in [-0.2, -0.15) is 0 Å². The molecule has 28 heavy (non-hydrogen) atoms. The number of likely N-dealkylation sites (tertiary alicyclic amines) is 1. The molecule has 0 saturated carbocycles. The van der Waals surface area contributed by atoms with Gasteiger partial charge in [0.15, 0.2) is 0 Å².